The van der Waals surface area contributed by atoms with Crippen LogP contribution in [0.1, 0.15) is 36.5 Å². The molecule has 0 fully saturated rings. The Balaban J connectivity index is 2.60. The summed E-state index contributed by atoms with van der Waals surface area (Å²) in [4.78, 5) is 0. The maximum absolute atomic E-state index is 8.92. The third-order valence-electron chi connectivity index (χ3n) is 3.23. The predicted octanol–water partition coefficient (Wildman–Crippen LogP) is 4.66. The second kappa shape index (κ2) is 5.06. The lowest BCUT2D eigenvalue weighted by Crippen LogP contribution is -1.94. The Morgan fingerprint density at radius 3 is 2.33 bits per heavy atom. The Hall–Kier alpha value is -2.07. The molecule has 0 saturated heterocycles. The van der Waals surface area contributed by atoms with Gasteiger partial charge in [0.15, 0.2) is 0 Å². The fraction of sp³-hybridized carbons (Fsp3) is 0.235. The average molecular weight is 235 g/mol. The van der Waals surface area contributed by atoms with Crippen LogP contribution >= 0.6 is 0 Å². The Morgan fingerprint density at radius 2 is 1.72 bits per heavy atom. The molecule has 0 radical (unpaired) electrons. The molecule has 0 aliphatic heterocycles. The van der Waals surface area contributed by atoms with Gasteiger partial charge in [0.25, 0.3) is 0 Å². The van der Waals surface area contributed by atoms with Gasteiger partial charge in [-0.15, -0.1) is 0 Å². The highest BCUT2D eigenvalue weighted by Crippen LogP contribution is 2.31. The Bertz CT molecular complexity index is 603. The summed E-state index contributed by atoms with van der Waals surface area (Å²) < 4.78 is 0. The molecule has 0 aliphatic rings. The number of nitrogens with zero attached hydrogens (tertiary/aromatic N) is 1. The van der Waals surface area contributed by atoms with Gasteiger partial charge in [0.05, 0.1) is 11.6 Å². The summed E-state index contributed by atoms with van der Waals surface area (Å²) in [5.74, 6) is 0.497. The fourth-order valence-electron chi connectivity index (χ4n) is 2.28. The van der Waals surface area contributed by atoms with Crippen LogP contribution in [0.15, 0.2) is 42.5 Å². The van der Waals surface area contributed by atoms with Crippen molar-refractivity contribution in [1.82, 2.24) is 0 Å². The van der Waals surface area contributed by atoms with E-state index in [-0.39, 0.29) is 0 Å². The highest BCUT2D eigenvalue weighted by Gasteiger charge is 2.10. The number of nitriles is 1. The minimum atomic E-state index is 0.497. The smallest absolute Gasteiger partial charge is 0.0991 e. The van der Waals surface area contributed by atoms with E-state index in [1.807, 2.05) is 12.1 Å². The van der Waals surface area contributed by atoms with Crippen LogP contribution in [0.25, 0.3) is 11.1 Å². The third-order valence-corrected chi connectivity index (χ3v) is 3.23. The molecule has 0 atom stereocenters. The van der Waals surface area contributed by atoms with Gasteiger partial charge in [-0.25, -0.2) is 0 Å². The largest absolute Gasteiger partial charge is 0.192 e. The molecule has 90 valence electrons. The van der Waals surface area contributed by atoms with Gasteiger partial charge >= 0.3 is 0 Å². The summed E-state index contributed by atoms with van der Waals surface area (Å²) in [6.07, 6.45) is 0. The molecule has 0 saturated carbocycles. The van der Waals surface area contributed by atoms with Crippen molar-refractivity contribution in [2.24, 2.45) is 0 Å². The van der Waals surface area contributed by atoms with Crippen LogP contribution < -0.4 is 0 Å². The highest BCUT2D eigenvalue weighted by molar-refractivity contribution is 5.71. The number of rotatable bonds is 2. The van der Waals surface area contributed by atoms with Gasteiger partial charge in [0, 0.05) is 0 Å². The van der Waals surface area contributed by atoms with Gasteiger partial charge in [-0.3, -0.25) is 0 Å². The van der Waals surface area contributed by atoms with Crippen molar-refractivity contribution >= 4 is 0 Å². The minimum Gasteiger partial charge on any atom is -0.192 e. The lowest BCUT2D eigenvalue weighted by molar-refractivity contribution is 0.869. The summed E-state index contributed by atoms with van der Waals surface area (Å²) in [7, 11) is 0. The molecule has 2 aromatic carbocycles. The van der Waals surface area contributed by atoms with E-state index >= 15 is 0 Å². The molecule has 0 aromatic heterocycles. The molecule has 2 rings (SSSR count). The number of hydrogen-bond acceptors (Lipinski definition) is 1. The van der Waals surface area contributed by atoms with E-state index in [1.165, 1.54) is 16.7 Å². The standard InChI is InChI=1S/C17H17N/c1-12(2)15-6-4-5-7-17(15)16-9-8-14(11-18)10-13(16)3/h4-10,12H,1-3H3. The third kappa shape index (κ3) is 2.28. The van der Waals surface area contributed by atoms with E-state index in [4.69, 9.17) is 5.26 Å². The summed E-state index contributed by atoms with van der Waals surface area (Å²) in [6, 6.07) is 16.6. The molecule has 0 spiro atoms. The number of benzene rings is 2. The molecular weight excluding hydrogens is 218 g/mol. The van der Waals surface area contributed by atoms with E-state index in [9.17, 15) is 0 Å². The predicted molar refractivity (Wildman–Crippen MR) is 75.4 cm³/mol. The first-order valence-electron chi connectivity index (χ1n) is 6.23. The van der Waals surface area contributed by atoms with Crippen molar-refractivity contribution in [3.63, 3.8) is 0 Å². The number of hydrogen-bond donors (Lipinski definition) is 0. The Morgan fingerprint density at radius 1 is 1.00 bits per heavy atom. The van der Waals surface area contributed by atoms with E-state index in [0.717, 1.165) is 11.1 Å². The molecule has 0 N–H and O–H groups in total. The molecule has 0 aliphatic carbocycles. The van der Waals surface area contributed by atoms with Crippen molar-refractivity contribution in [2.45, 2.75) is 26.7 Å². The first-order chi connectivity index (χ1) is 8.63. The first kappa shape index (κ1) is 12.4. The van der Waals surface area contributed by atoms with Crippen LogP contribution in [-0.4, -0.2) is 0 Å². The van der Waals surface area contributed by atoms with Crippen molar-refractivity contribution in [3.8, 4) is 17.2 Å². The molecule has 2 aromatic rings. The normalized spacial score (nSPS) is 10.4. The first-order valence-corrected chi connectivity index (χ1v) is 6.23. The average Bonchev–Trinajstić information content (AvgIpc) is 2.38. The fourth-order valence-corrected chi connectivity index (χ4v) is 2.28. The van der Waals surface area contributed by atoms with Crippen LogP contribution in [0.3, 0.4) is 0 Å². The van der Waals surface area contributed by atoms with Crippen LogP contribution in [0, 0.1) is 18.3 Å². The van der Waals surface area contributed by atoms with E-state index in [0.29, 0.717) is 5.92 Å². The van der Waals surface area contributed by atoms with Crippen LogP contribution in [0.5, 0.6) is 0 Å². The molecule has 0 bridgehead atoms. The van der Waals surface area contributed by atoms with Crippen molar-refractivity contribution in [2.75, 3.05) is 0 Å². The summed E-state index contributed by atoms with van der Waals surface area (Å²) in [5.41, 5.74) is 5.72. The van der Waals surface area contributed by atoms with Crippen molar-refractivity contribution < 1.29 is 0 Å². The molecule has 0 heterocycles. The zero-order valence-electron chi connectivity index (χ0n) is 11.1. The summed E-state index contributed by atoms with van der Waals surface area (Å²) in [6.45, 7) is 6.48. The number of aryl methyl sites for hydroxylation is 1. The second-order valence-electron chi connectivity index (χ2n) is 4.88. The van der Waals surface area contributed by atoms with E-state index < -0.39 is 0 Å². The van der Waals surface area contributed by atoms with Gasteiger partial charge in [0.2, 0.25) is 0 Å². The minimum absolute atomic E-state index is 0.497. The Labute approximate surface area is 109 Å². The van der Waals surface area contributed by atoms with Crippen LogP contribution in [0.4, 0.5) is 0 Å². The summed E-state index contributed by atoms with van der Waals surface area (Å²) in [5, 5.41) is 8.92. The monoisotopic (exact) mass is 235 g/mol. The zero-order valence-corrected chi connectivity index (χ0v) is 11.1. The van der Waals surface area contributed by atoms with Gasteiger partial charge in [-0.05, 0) is 47.2 Å². The molecule has 1 heteroatoms. The molecular formula is C17H17N. The quantitative estimate of drug-likeness (QED) is 0.742. The molecule has 1 nitrogen and oxygen atoms in total. The van der Waals surface area contributed by atoms with Gasteiger partial charge in [0.1, 0.15) is 0 Å². The van der Waals surface area contributed by atoms with Gasteiger partial charge in [-0.1, -0.05) is 44.2 Å². The second-order valence-corrected chi connectivity index (χ2v) is 4.88. The maximum Gasteiger partial charge on any atom is 0.0991 e. The van der Waals surface area contributed by atoms with Crippen LogP contribution in [-0.2, 0) is 0 Å². The van der Waals surface area contributed by atoms with Crippen molar-refractivity contribution in [3.05, 3.63) is 59.2 Å². The van der Waals surface area contributed by atoms with Crippen molar-refractivity contribution in [1.29, 1.82) is 5.26 Å². The maximum atomic E-state index is 8.92. The Kier molecular flexibility index (Phi) is 3.48. The topological polar surface area (TPSA) is 23.8 Å². The summed E-state index contributed by atoms with van der Waals surface area (Å²) >= 11 is 0. The molecule has 0 amide bonds. The molecule has 18 heavy (non-hydrogen) atoms. The lowest BCUT2D eigenvalue weighted by atomic mass is 9.90. The van der Waals surface area contributed by atoms with E-state index in [2.05, 4.69) is 57.2 Å². The van der Waals surface area contributed by atoms with Crippen LogP contribution in [0.2, 0.25) is 0 Å². The van der Waals surface area contributed by atoms with Gasteiger partial charge in [-0.2, -0.15) is 5.26 Å². The van der Waals surface area contributed by atoms with E-state index in [1.54, 1.807) is 0 Å². The SMILES string of the molecule is Cc1cc(C#N)ccc1-c1ccccc1C(C)C. The molecule has 0 unspecified atom stereocenters. The van der Waals surface area contributed by atoms with Gasteiger partial charge < -0.3 is 0 Å². The zero-order chi connectivity index (χ0) is 13.1. The highest BCUT2D eigenvalue weighted by atomic mass is 14.2. The lowest BCUT2D eigenvalue weighted by Gasteiger charge is -2.14.